The van der Waals surface area contributed by atoms with Gasteiger partial charge in [0, 0.05) is 32.9 Å². The molecule has 0 spiro atoms. The minimum absolute atomic E-state index is 0.112. The fourth-order valence-corrected chi connectivity index (χ4v) is 2.14. The summed E-state index contributed by atoms with van der Waals surface area (Å²) in [5.74, 6) is -0.478. The van der Waals surface area contributed by atoms with Crippen LogP contribution in [0.25, 0.3) is 0 Å². The first kappa shape index (κ1) is 13.0. The van der Waals surface area contributed by atoms with Gasteiger partial charge in [0.1, 0.15) is 18.0 Å². The Morgan fingerprint density at radius 2 is 1.67 bits per heavy atom. The van der Waals surface area contributed by atoms with Gasteiger partial charge in [0.15, 0.2) is 0 Å². The Morgan fingerprint density at radius 1 is 1.17 bits per heavy atom. The van der Waals surface area contributed by atoms with Crippen molar-refractivity contribution in [3.8, 4) is 0 Å². The summed E-state index contributed by atoms with van der Waals surface area (Å²) in [6, 6.07) is 5.54. The maximum atomic E-state index is 12.8. The molecule has 1 amide bonds. The largest absolute Gasteiger partial charge is 0.377 e. The fourth-order valence-electron chi connectivity index (χ4n) is 2.14. The van der Waals surface area contributed by atoms with Crippen LogP contribution >= 0.6 is 0 Å². The van der Waals surface area contributed by atoms with Gasteiger partial charge in [-0.2, -0.15) is 0 Å². The van der Waals surface area contributed by atoms with E-state index in [2.05, 4.69) is 0 Å². The van der Waals surface area contributed by atoms with Crippen molar-refractivity contribution in [1.29, 1.82) is 0 Å². The average Bonchev–Trinajstić information content (AvgIpc) is 2.82. The Balaban J connectivity index is 2.09. The summed E-state index contributed by atoms with van der Waals surface area (Å²) in [5, 5.41) is 0. The summed E-state index contributed by atoms with van der Waals surface area (Å²) in [6.45, 7) is 0.983. The Bertz CT molecular complexity index is 409. The number of halogens is 1. The number of hydrogen-bond donors (Lipinski definition) is 0. The standard InChI is InChI=1S/C13H16FNO3/c1-17-11-7-15(8-12(11)18-2)13(16)9-3-5-10(14)6-4-9/h3-6,11-12H,7-8H2,1-2H3. The van der Waals surface area contributed by atoms with E-state index < -0.39 is 0 Å². The summed E-state index contributed by atoms with van der Waals surface area (Å²) >= 11 is 0. The van der Waals surface area contributed by atoms with E-state index in [4.69, 9.17) is 9.47 Å². The number of carbonyl (C=O) groups is 1. The second-order valence-electron chi connectivity index (χ2n) is 4.27. The van der Waals surface area contributed by atoms with Crippen molar-refractivity contribution in [3.05, 3.63) is 35.6 Å². The minimum Gasteiger partial charge on any atom is -0.377 e. The summed E-state index contributed by atoms with van der Waals surface area (Å²) in [7, 11) is 3.20. The van der Waals surface area contributed by atoms with E-state index >= 15 is 0 Å². The molecule has 5 heteroatoms. The number of ether oxygens (including phenoxy) is 2. The number of hydrogen-bond acceptors (Lipinski definition) is 3. The van der Waals surface area contributed by atoms with E-state index in [0.29, 0.717) is 18.7 Å². The van der Waals surface area contributed by atoms with Gasteiger partial charge in [0.05, 0.1) is 0 Å². The molecule has 0 N–H and O–H groups in total. The lowest BCUT2D eigenvalue weighted by Gasteiger charge is -2.15. The summed E-state index contributed by atoms with van der Waals surface area (Å²) < 4.78 is 23.3. The molecule has 98 valence electrons. The lowest BCUT2D eigenvalue weighted by molar-refractivity contribution is -0.00461. The van der Waals surface area contributed by atoms with Crippen LogP contribution in [-0.4, -0.2) is 50.3 Å². The first-order valence-corrected chi connectivity index (χ1v) is 5.76. The summed E-state index contributed by atoms with van der Waals surface area (Å²) in [4.78, 5) is 13.8. The van der Waals surface area contributed by atoms with Gasteiger partial charge in [-0.05, 0) is 24.3 Å². The fraction of sp³-hybridized carbons (Fsp3) is 0.462. The van der Waals surface area contributed by atoms with Gasteiger partial charge in [-0.1, -0.05) is 0 Å². The highest BCUT2D eigenvalue weighted by Gasteiger charge is 2.35. The molecule has 1 saturated heterocycles. The predicted molar refractivity (Wildman–Crippen MR) is 63.9 cm³/mol. The number of nitrogens with zero attached hydrogens (tertiary/aromatic N) is 1. The second kappa shape index (κ2) is 5.46. The molecule has 1 aliphatic rings. The predicted octanol–water partition coefficient (Wildman–Crippen LogP) is 1.31. The van der Waals surface area contributed by atoms with Crippen molar-refractivity contribution >= 4 is 5.91 Å². The zero-order chi connectivity index (χ0) is 13.1. The number of carbonyl (C=O) groups excluding carboxylic acids is 1. The Labute approximate surface area is 105 Å². The van der Waals surface area contributed by atoms with E-state index in [1.165, 1.54) is 24.3 Å². The molecule has 1 aromatic carbocycles. The molecule has 18 heavy (non-hydrogen) atoms. The van der Waals surface area contributed by atoms with Crippen LogP contribution in [0.2, 0.25) is 0 Å². The van der Waals surface area contributed by atoms with Crippen LogP contribution in [0, 0.1) is 5.82 Å². The zero-order valence-corrected chi connectivity index (χ0v) is 10.4. The molecule has 0 aliphatic carbocycles. The number of rotatable bonds is 3. The number of amides is 1. The van der Waals surface area contributed by atoms with Crippen molar-refractivity contribution in [3.63, 3.8) is 0 Å². The van der Waals surface area contributed by atoms with Crippen LogP contribution in [-0.2, 0) is 9.47 Å². The van der Waals surface area contributed by atoms with E-state index in [-0.39, 0.29) is 23.9 Å². The highest BCUT2D eigenvalue weighted by atomic mass is 19.1. The third kappa shape index (κ3) is 2.52. The quantitative estimate of drug-likeness (QED) is 0.815. The minimum atomic E-state index is -0.350. The molecule has 4 nitrogen and oxygen atoms in total. The van der Waals surface area contributed by atoms with Crippen LogP contribution in [0.5, 0.6) is 0 Å². The number of benzene rings is 1. The van der Waals surface area contributed by atoms with Crippen LogP contribution in [0.4, 0.5) is 4.39 Å². The third-order valence-corrected chi connectivity index (χ3v) is 3.20. The molecule has 0 saturated carbocycles. The average molecular weight is 253 g/mol. The lowest BCUT2D eigenvalue weighted by Crippen LogP contribution is -2.30. The Morgan fingerprint density at radius 3 is 2.11 bits per heavy atom. The molecule has 2 unspecified atom stereocenters. The molecule has 2 atom stereocenters. The Hall–Kier alpha value is -1.46. The molecule has 1 aromatic rings. The van der Waals surface area contributed by atoms with Crippen LogP contribution in [0.3, 0.4) is 0 Å². The normalized spacial score (nSPS) is 23.4. The molecule has 0 aromatic heterocycles. The molecule has 0 radical (unpaired) electrons. The highest BCUT2D eigenvalue weighted by molar-refractivity contribution is 5.94. The van der Waals surface area contributed by atoms with Crippen molar-refractivity contribution in [2.24, 2.45) is 0 Å². The van der Waals surface area contributed by atoms with E-state index in [1.54, 1.807) is 19.1 Å². The van der Waals surface area contributed by atoms with Crippen molar-refractivity contribution < 1.29 is 18.7 Å². The smallest absolute Gasteiger partial charge is 0.254 e. The van der Waals surface area contributed by atoms with Crippen LogP contribution in [0.1, 0.15) is 10.4 Å². The van der Waals surface area contributed by atoms with Crippen LogP contribution < -0.4 is 0 Å². The molecular weight excluding hydrogens is 237 g/mol. The third-order valence-electron chi connectivity index (χ3n) is 3.20. The SMILES string of the molecule is COC1CN(C(=O)c2ccc(F)cc2)CC1OC. The van der Waals surface area contributed by atoms with E-state index in [1.807, 2.05) is 0 Å². The first-order valence-electron chi connectivity index (χ1n) is 5.76. The monoisotopic (exact) mass is 253 g/mol. The van der Waals surface area contributed by atoms with Crippen molar-refractivity contribution in [2.45, 2.75) is 12.2 Å². The highest BCUT2D eigenvalue weighted by Crippen LogP contribution is 2.18. The zero-order valence-electron chi connectivity index (χ0n) is 10.4. The Kier molecular flexibility index (Phi) is 3.93. The first-order chi connectivity index (χ1) is 8.65. The molecule has 1 aliphatic heterocycles. The number of methoxy groups -OCH3 is 2. The summed E-state index contributed by atoms with van der Waals surface area (Å²) in [5.41, 5.74) is 0.475. The molecule has 0 bridgehead atoms. The summed E-state index contributed by atoms with van der Waals surface area (Å²) in [6.07, 6.45) is -0.223. The van der Waals surface area contributed by atoms with Gasteiger partial charge in [-0.15, -0.1) is 0 Å². The van der Waals surface area contributed by atoms with Gasteiger partial charge in [-0.25, -0.2) is 4.39 Å². The molecular formula is C13H16FNO3. The topological polar surface area (TPSA) is 38.8 Å². The maximum Gasteiger partial charge on any atom is 0.254 e. The number of likely N-dealkylation sites (tertiary alicyclic amines) is 1. The van der Waals surface area contributed by atoms with Crippen molar-refractivity contribution in [2.75, 3.05) is 27.3 Å². The molecule has 1 fully saturated rings. The van der Waals surface area contributed by atoms with Gasteiger partial charge in [0.2, 0.25) is 0 Å². The van der Waals surface area contributed by atoms with Gasteiger partial charge < -0.3 is 14.4 Å². The van der Waals surface area contributed by atoms with Gasteiger partial charge >= 0.3 is 0 Å². The lowest BCUT2D eigenvalue weighted by atomic mass is 10.2. The van der Waals surface area contributed by atoms with Gasteiger partial charge in [0.25, 0.3) is 5.91 Å². The second-order valence-corrected chi connectivity index (χ2v) is 4.27. The van der Waals surface area contributed by atoms with E-state index in [9.17, 15) is 9.18 Å². The van der Waals surface area contributed by atoms with E-state index in [0.717, 1.165) is 0 Å². The molecule has 2 rings (SSSR count). The maximum absolute atomic E-state index is 12.8. The molecule has 1 heterocycles. The van der Waals surface area contributed by atoms with Crippen LogP contribution in [0.15, 0.2) is 24.3 Å². The van der Waals surface area contributed by atoms with Crippen molar-refractivity contribution in [1.82, 2.24) is 4.90 Å². The van der Waals surface area contributed by atoms with Gasteiger partial charge in [-0.3, -0.25) is 4.79 Å².